The van der Waals surface area contributed by atoms with Gasteiger partial charge in [0.2, 0.25) is 26.6 Å². The zero-order chi connectivity index (χ0) is 22.2. The van der Waals surface area contributed by atoms with Crippen molar-refractivity contribution in [1.82, 2.24) is 4.98 Å². The van der Waals surface area contributed by atoms with Crippen molar-refractivity contribution in [3.63, 3.8) is 0 Å². The van der Waals surface area contributed by atoms with Gasteiger partial charge in [0.15, 0.2) is 23.0 Å². The molecule has 0 unspecified atom stereocenters. The van der Waals surface area contributed by atoms with E-state index in [0.717, 1.165) is 0 Å². The number of hydrogen-bond donors (Lipinski definition) is 0. The Hall–Kier alpha value is -3.40. The molecular weight excluding hydrogens is 424 g/mol. The predicted molar refractivity (Wildman–Crippen MR) is 112 cm³/mol. The molecule has 164 valence electrons. The Morgan fingerprint density at radius 1 is 0.935 bits per heavy atom. The molecule has 0 spiro atoms. The van der Waals surface area contributed by atoms with Crippen molar-refractivity contribution in [2.24, 2.45) is 0 Å². The second-order valence-corrected chi connectivity index (χ2v) is 8.77. The number of anilines is 1. The van der Waals surface area contributed by atoms with E-state index >= 15 is 0 Å². The number of sulfone groups is 1. The summed E-state index contributed by atoms with van der Waals surface area (Å²) in [7, 11) is 2.41. The van der Waals surface area contributed by atoms with Gasteiger partial charge in [-0.2, -0.15) is 4.98 Å². The van der Waals surface area contributed by atoms with Crippen molar-refractivity contribution >= 4 is 15.7 Å². The summed E-state index contributed by atoms with van der Waals surface area (Å²) in [6.07, 6.45) is 0. The molecule has 3 aromatic rings. The number of ether oxygens (including phenoxy) is 4. The normalized spacial score (nSPS) is 13.0. The lowest BCUT2D eigenvalue weighted by Gasteiger charge is -2.18. The second-order valence-electron chi connectivity index (χ2n) is 6.90. The van der Waals surface area contributed by atoms with Crippen molar-refractivity contribution in [3.8, 4) is 34.5 Å². The van der Waals surface area contributed by atoms with Crippen LogP contribution in [0.3, 0.4) is 0 Å². The van der Waals surface area contributed by atoms with Crippen LogP contribution < -0.4 is 23.8 Å². The van der Waals surface area contributed by atoms with Crippen LogP contribution >= 0.6 is 0 Å². The molecule has 0 N–H and O–H groups in total. The van der Waals surface area contributed by atoms with Crippen LogP contribution in [-0.4, -0.2) is 54.9 Å². The van der Waals surface area contributed by atoms with E-state index < -0.39 is 9.84 Å². The molecule has 1 aliphatic rings. The van der Waals surface area contributed by atoms with Gasteiger partial charge in [-0.15, -0.1) is 0 Å². The smallest absolute Gasteiger partial charge is 0.235 e. The number of methoxy groups -OCH3 is 2. The number of aromatic nitrogens is 1. The fourth-order valence-electron chi connectivity index (χ4n) is 3.15. The van der Waals surface area contributed by atoms with E-state index in [0.29, 0.717) is 41.8 Å². The summed E-state index contributed by atoms with van der Waals surface area (Å²) in [6.45, 7) is 0.773. The maximum Gasteiger partial charge on any atom is 0.235 e. The quantitative estimate of drug-likeness (QED) is 0.565. The van der Waals surface area contributed by atoms with Crippen LogP contribution in [0.15, 0.2) is 50.7 Å². The average Bonchev–Trinajstić information content (AvgIpc) is 3.25. The van der Waals surface area contributed by atoms with Crippen molar-refractivity contribution < 1.29 is 31.8 Å². The van der Waals surface area contributed by atoms with E-state index in [1.807, 2.05) is 0 Å². The van der Waals surface area contributed by atoms with E-state index in [1.165, 1.54) is 26.4 Å². The molecule has 2 aromatic carbocycles. The fourth-order valence-corrected chi connectivity index (χ4v) is 4.54. The van der Waals surface area contributed by atoms with Gasteiger partial charge in [-0.1, -0.05) is 0 Å². The third-order valence-corrected chi connectivity index (χ3v) is 6.34. The van der Waals surface area contributed by atoms with Crippen molar-refractivity contribution in [3.05, 3.63) is 36.4 Å². The number of benzene rings is 2. The van der Waals surface area contributed by atoms with E-state index in [4.69, 9.17) is 23.4 Å². The van der Waals surface area contributed by atoms with Gasteiger partial charge in [-0.05, 0) is 30.3 Å². The zero-order valence-electron chi connectivity index (χ0n) is 17.5. The first-order chi connectivity index (χ1) is 14.8. The summed E-state index contributed by atoms with van der Waals surface area (Å²) in [5, 5.41) is -0.195. The van der Waals surface area contributed by atoms with Gasteiger partial charge in [-0.3, -0.25) is 0 Å². The van der Waals surface area contributed by atoms with E-state index in [1.54, 1.807) is 43.3 Å². The summed E-state index contributed by atoms with van der Waals surface area (Å²) in [5.41, 5.74) is 0.546. The summed E-state index contributed by atoms with van der Waals surface area (Å²) in [6, 6.07) is 9.56. The fraction of sp³-hybridized carbons (Fsp3) is 0.286. The van der Waals surface area contributed by atoms with Gasteiger partial charge >= 0.3 is 0 Å². The monoisotopic (exact) mass is 446 g/mol. The number of oxazole rings is 1. The van der Waals surface area contributed by atoms with Crippen molar-refractivity contribution in [1.29, 1.82) is 0 Å². The third kappa shape index (κ3) is 3.74. The lowest BCUT2D eigenvalue weighted by molar-refractivity contribution is 0.171. The Morgan fingerprint density at radius 3 is 2.32 bits per heavy atom. The van der Waals surface area contributed by atoms with Gasteiger partial charge in [0.1, 0.15) is 13.2 Å². The topological polar surface area (TPSA) is 100 Å². The Labute approximate surface area is 180 Å². The first-order valence-corrected chi connectivity index (χ1v) is 10.9. The minimum Gasteiger partial charge on any atom is -0.493 e. The van der Waals surface area contributed by atoms with Crippen molar-refractivity contribution in [2.45, 2.75) is 9.92 Å². The van der Waals surface area contributed by atoms with Gasteiger partial charge < -0.3 is 28.3 Å². The molecule has 0 saturated carbocycles. The molecule has 0 fully saturated rings. The van der Waals surface area contributed by atoms with E-state index in [-0.39, 0.29) is 21.7 Å². The number of hydrogen-bond acceptors (Lipinski definition) is 9. The Morgan fingerprint density at radius 2 is 1.65 bits per heavy atom. The number of nitrogens with zero attached hydrogens (tertiary/aromatic N) is 2. The molecule has 0 amide bonds. The predicted octanol–water partition coefficient (Wildman–Crippen LogP) is 3.03. The van der Waals surface area contributed by atoms with Gasteiger partial charge in [0, 0.05) is 25.7 Å². The van der Waals surface area contributed by atoms with Crippen LogP contribution in [-0.2, 0) is 9.84 Å². The number of fused-ring (bicyclic) bond motifs is 1. The first-order valence-electron chi connectivity index (χ1n) is 9.40. The van der Waals surface area contributed by atoms with Crippen LogP contribution in [0.4, 0.5) is 5.88 Å². The minimum atomic E-state index is -4.00. The molecular formula is C21H22N2O7S. The van der Waals surface area contributed by atoms with Crippen LogP contribution in [0.2, 0.25) is 0 Å². The average molecular weight is 446 g/mol. The standard InChI is InChI=1S/C21H22N2O7S/c1-23(2)21-20(22-19(30-21)13-5-7-15(26-3)17(11-13)27-4)31(24,25)14-6-8-16-18(12-14)29-10-9-28-16/h5-8,11-12H,9-10H2,1-4H3. The van der Waals surface area contributed by atoms with Crippen LogP contribution in [0.5, 0.6) is 23.0 Å². The molecule has 9 nitrogen and oxygen atoms in total. The van der Waals surface area contributed by atoms with Gasteiger partial charge in [0.25, 0.3) is 0 Å². The molecule has 0 saturated heterocycles. The zero-order valence-corrected chi connectivity index (χ0v) is 18.4. The summed E-state index contributed by atoms with van der Waals surface area (Å²) >= 11 is 0. The highest BCUT2D eigenvalue weighted by Crippen LogP contribution is 2.39. The lowest BCUT2D eigenvalue weighted by Crippen LogP contribution is -2.16. The van der Waals surface area contributed by atoms with Crippen LogP contribution in [0.25, 0.3) is 11.5 Å². The molecule has 0 aliphatic carbocycles. The Kier molecular flexibility index (Phi) is 5.40. The van der Waals surface area contributed by atoms with E-state index in [9.17, 15) is 8.42 Å². The molecule has 2 heterocycles. The summed E-state index contributed by atoms with van der Waals surface area (Å²) in [4.78, 5) is 5.92. The highest BCUT2D eigenvalue weighted by atomic mass is 32.2. The molecule has 4 rings (SSSR count). The minimum absolute atomic E-state index is 0.0343. The summed E-state index contributed by atoms with van der Waals surface area (Å²) in [5.74, 6) is 2.14. The molecule has 0 bridgehead atoms. The summed E-state index contributed by atoms with van der Waals surface area (Å²) < 4.78 is 54.3. The Balaban J connectivity index is 1.81. The second kappa shape index (κ2) is 8.03. The van der Waals surface area contributed by atoms with E-state index in [2.05, 4.69) is 4.98 Å². The van der Waals surface area contributed by atoms with Gasteiger partial charge in [-0.25, -0.2) is 8.42 Å². The Bertz CT molecular complexity index is 1220. The molecule has 1 aliphatic heterocycles. The van der Waals surface area contributed by atoms with Crippen LogP contribution in [0, 0.1) is 0 Å². The maximum absolute atomic E-state index is 13.4. The molecule has 1 aromatic heterocycles. The molecule has 0 atom stereocenters. The SMILES string of the molecule is COc1ccc(-c2nc(S(=O)(=O)c3ccc4c(c3)OCCO4)c(N(C)C)o2)cc1OC. The molecule has 10 heteroatoms. The lowest BCUT2D eigenvalue weighted by atomic mass is 10.2. The number of rotatable bonds is 6. The highest BCUT2D eigenvalue weighted by molar-refractivity contribution is 7.91. The molecule has 0 radical (unpaired) electrons. The molecule has 31 heavy (non-hydrogen) atoms. The largest absolute Gasteiger partial charge is 0.493 e. The highest BCUT2D eigenvalue weighted by Gasteiger charge is 2.31. The third-order valence-electron chi connectivity index (χ3n) is 4.69. The van der Waals surface area contributed by atoms with Gasteiger partial charge in [0.05, 0.1) is 19.1 Å². The van der Waals surface area contributed by atoms with Crippen LogP contribution in [0.1, 0.15) is 0 Å². The maximum atomic E-state index is 13.4. The first kappa shape index (κ1) is 20.9. The van der Waals surface area contributed by atoms with Crippen molar-refractivity contribution in [2.75, 3.05) is 46.4 Å².